The third-order valence-corrected chi connectivity index (χ3v) is 8.58. The van der Waals surface area contributed by atoms with E-state index in [1.165, 1.54) is 56.4 Å². The molecule has 1 atom stereocenters. The quantitative estimate of drug-likeness (QED) is 0.116. The maximum absolute atomic E-state index is 12.3. The Morgan fingerprint density at radius 3 is 2.23 bits per heavy atom. The molecule has 5 nitrogen and oxygen atoms in total. The van der Waals surface area contributed by atoms with Gasteiger partial charge < -0.3 is 9.84 Å². The second-order valence-electron chi connectivity index (χ2n) is 9.45. The van der Waals surface area contributed by atoms with Gasteiger partial charge in [-0.3, -0.25) is 4.55 Å². The normalized spacial score (nSPS) is 12.0. The maximum Gasteiger partial charge on any atom is 0.295 e. The summed E-state index contributed by atoms with van der Waals surface area (Å²) in [7, 11) is -2.92. The van der Waals surface area contributed by atoms with Crippen molar-refractivity contribution in [3.63, 3.8) is 0 Å². The lowest BCUT2D eigenvalue weighted by molar-refractivity contribution is 0.239. The number of methoxy groups -OCH3 is 1. The molecule has 0 fully saturated rings. The monoisotopic (exact) mass is 566 g/mol. The van der Waals surface area contributed by atoms with Gasteiger partial charge in [-0.15, -0.1) is 5.92 Å². The van der Waals surface area contributed by atoms with E-state index in [4.69, 9.17) is 4.74 Å². The molecular formula is C32H38O5S2. The first-order valence-electron chi connectivity index (χ1n) is 13.5. The van der Waals surface area contributed by atoms with E-state index >= 15 is 0 Å². The summed E-state index contributed by atoms with van der Waals surface area (Å²) in [6.07, 6.45) is 9.58. The van der Waals surface area contributed by atoms with Crippen LogP contribution in [0, 0.1) is 11.8 Å². The van der Waals surface area contributed by atoms with Gasteiger partial charge in [0, 0.05) is 21.8 Å². The van der Waals surface area contributed by atoms with Gasteiger partial charge in [-0.25, -0.2) is 0 Å². The zero-order valence-electron chi connectivity index (χ0n) is 22.7. The van der Waals surface area contributed by atoms with Crippen molar-refractivity contribution in [1.82, 2.24) is 0 Å². The van der Waals surface area contributed by atoms with E-state index in [0.717, 1.165) is 24.2 Å². The van der Waals surface area contributed by atoms with E-state index in [1.807, 2.05) is 30.3 Å². The van der Waals surface area contributed by atoms with Crippen molar-refractivity contribution in [3.8, 4) is 28.7 Å². The number of rotatable bonds is 14. The van der Waals surface area contributed by atoms with Crippen molar-refractivity contribution >= 4 is 21.9 Å². The van der Waals surface area contributed by atoms with Crippen LogP contribution in [-0.2, 0) is 10.1 Å². The molecule has 0 spiro atoms. The van der Waals surface area contributed by atoms with Crippen molar-refractivity contribution in [2.75, 3.05) is 7.11 Å². The molecule has 0 aliphatic carbocycles. The molecule has 0 amide bonds. The molecule has 3 aromatic rings. The second-order valence-corrected chi connectivity index (χ2v) is 12.0. The van der Waals surface area contributed by atoms with E-state index in [0.29, 0.717) is 27.3 Å². The summed E-state index contributed by atoms with van der Waals surface area (Å²) in [5.41, 5.74) is 1.83. The molecule has 0 radical (unpaired) electrons. The second kappa shape index (κ2) is 15.7. The lowest BCUT2D eigenvalue weighted by Gasteiger charge is -2.14. The number of aliphatic hydroxyl groups is 1. The molecule has 1 unspecified atom stereocenters. The number of ether oxygens (including phenoxy) is 1. The SMILES string of the molecule is CCCCCCCCCCC#CC(O)c1ccccc1-c1ccc(Sc2ccc(OC)cc2)c(S(=O)(=O)O)c1. The van der Waals surface area contributed by atoms with E-state index in [1.54, 1.807) is 37.4 Å². The minimum atomic E-state index is -4.50. The highest BCUT2D eigenvalue weighted by Crippen LogP contribution is 2.37. The highest BCUT2D eigenvalue weighted by molar-refractivity contribution is 8.00. The van der Waals surface area contributed by atoms with Gasteiger partial charge in [-0.05, 0) is 53.9 Å². The lowest BCUT2D eigenvalue weighted by atomic mass is 9.96. The molecule has 7 heteroatoms. The van der Waals surface area contributed by atoms with Crippen LogP contribution in [-0.4, -0.2) is 25.2 Å². The van der Waals surface area contributed by atoms with Crippen LogP contribution in [0.15, 0.2) is 81.4 Å². The molecule has 0 saturated heterocycles. The average molecular weight is 567 g/mol. The molecule has 0 saturated carbocycles. The van der Waals surface area contributed by atoms with E-state index < -0.39 is 16.2 Å². The van der Waals surface area contributed by atoms with Gasteiger partial charge in [-0.1, -0.05) is 99.9 Å². The first-order chi connectivity index (χ1) is 18.8. The minimum Gasteiger partial charge on any atom is -0.497 e. The van der Waals surface area contributed by atoms with Gasteiger partial charge in [-0.2, -0.15) is 8.42 Å². The fourth-order valence-corrected chi connectivity index (χ4v) is 6.19. The first kappa shape index (κ1) is 30.8. The molecule has 3 rings (SSSR count). The van der Waals surface area contributed by atoms with Gasteiger partial charge >= 0.3 is 0 Å². The predicted octanol–water partition coefficient (Wildman–Crippen LogP) is 8.33. The zero-order chi connectivity index (χ0) is 28.1. The standard InChI is InChI=1S/C32H38O5S2/c1-3-4-5-6-7-8-9-10-11-12-17-30(33)29-16-14-13-15-28(29)25-18-23-31(32(24-25)39(34,35)36)38-27-21-19-26(37-2)20-22-27/h13-16,18-24,30,33H,3-11H2,1-2H3,(H,34,35,36). The van der Waals surface area contributed by atoms with E-state index in [2.05, 4.69) is 18.8 Å². The smallest absolute Gasteiger partial charge is 0.295 e. The Bertz CT molecular complexity index is 1360. The summed E-state index contributed by atoms with van der Waals surface area (Å²) >= 11 is 1.23. The Balaban J connectivity index is 1.73. The molecule has 0 aromatic heterocycles. The largest absolute Gasteiger partial charge is 0.497 e. The number of benzene rings is 3. The molecule has 3 aromatic carbocycles. The summed E-state index contributed by atoms with van der Waals surface area (Å²) in [5, 5.41) is 10.9. The van der Waals surface area contributed by atoms with Crippen LogP contribution in [0.1, 0.15) is 76.4 Å². The average Bonchev–Trinajstić information content (AvgIpc) is 2.94. The zero-order valence-corrected chi connectivity index (χ0v) is 24.4. The summed E-state index contributed by atoms with van der Waals surface area (Å²) in [4.78, 5) is 1.01. The number of hydrogen-bond donors (Lipinski definition) is 2. The first-order valence-corrected chi connectivity index (χ1v) is 15.8. The molecule has 0 aliphatic heterocycles. The van der Waals surface area contributed by atoms with Crippen LogP contribution in [0.5, 0.6) is 5.75 Å². The third kappa shape index (κ3) is 9.74. The fourth-order valence-electron chi connectivity index (χ4n) is 4.32. The number of unbranched alkanes of at least 4 members (excludes halogenated alkanes) is 8. The fraction of sp³-hybridized carbons (Fsp3) is 0.375. The summed E-state index contributed by atoms with van der Waals surface area (Å²) < 4.78 is 39.8. The topological polar surface area (TPSA) is 83.8 Å². The predicted molar refractivity (Wildman–Crippen MR) is 159 cm³/mol. The molecule has 0 aliphatic rings. The van der Waals surface area contributed by atoms with Crippen molar-refractivity contribution in [2.45, 2.75) is 85.5 Å². The van der Waals surface area contributed by atoms with Crippen molar-refractivity contribution < 1.29 is 22.8 Å². The Morgan fingerprint density at radius 1 is 0.897 bits per heavy atom. The number of hydrogen-bond acceptors (Lipinski definition) is 5. The Morgan fingerprint density at radius 2 is 1.56 bits per heavy atom. The van der Waals surface area contributed by atoms with Crippen molar-refractivity contribution in [2.24, 2.45) is 0 Å². The Kier molecular flexibility index (Phi) is 12.4. The van der Waals surface area contributed by atoms with Gasteiger partial charge in [0.05, 0.1) is 7.11 Å². The molecule has 39 heavy (non-hydrogen) atoms. The molecule has 0 bridgehead atoms. The summed E-state index contributed by atoms with van der Waals surface area (Å²) in [5.74, 6) is 6.75. The highest BCUT2D eigenvalue weighted by Gasteiger charge is 2.20. The Hall–Kier alpha value is -2.76. The van der Waals surface area contributed by atoms with Crippen molar-refractivity contribution in [1.29, 1.82) is 0 Å². The van der Waals surface area contributed by atoms with Crippen LogP contribution < -0.4 is 4.74 Å². The lowest BCUT2D eigenvalue weighted by Crippen LogP contribution is -2.02. The van der Waals surface area contributed by atoms with Crippen LogP contribution >= 0.6 is 11.8 Å². The molecule has 208 valence electrons. The summed E-state index contributed by atoms with van der Waals surface area (Å²) in [6, 6.07) is 19.4. The van der Waals surface area contributed by atoms with Crippen molar-refractivity contribution in [3.05, 3.63) is 72.3 Å². The third-order valence-electron chi connectivity index (χ3n) is 6.47. The minimum absolute atomic E-state index is 0.189. The molecule has 2 N–H and O–H groups in total. The summed E-state index contributed by atoms with van der Waals surface area (Å²) in [6.45, 7) is 2.22. The van der Waals surface area contributed by atoms with Crippen LogP contribution in [0.25, 0.3) is 11.1 Å². The van der Waals surface area contributed by atoms with Gasteiger partial charge in [0.25, 0.3) is 10.1 Å². The maximum atomic E-state index is 12.3. The van der Waals surface area contributed by atoms with Gasteiger partial charge in [0.15, 0.2) is 0 Å². The van der Waals surface area contributed by atoms with Crippen LogP contribution in [0.2, 0.25) is 0 Å². The highest BCUT2D eigenvalue weighted by atomic mass is 32.2. The van der Waals surface area contributed by atoms with Crippen LogP contribution in [0.4, 0.5) is 0 Å². The van der Waals surface area contributed by atoms with E-state index in [9.17, 15) is 18.1 Å². The van der Waals surface area contributed by atoms with E-state index in [-0.39, 0.29) is 4.90 Å². The van der Waals surface area contributed by atoms with Crippen LogP contribution in [0.3, 0.4) is 0 Å². The Labute approximate surface area is 237 Å². The van der Waals surface area contributed by atoms with Gasteiger partial charge in [0.1, 0.15) is 16.7 Å². The number of aliphatic hydroxyl groups excluding tert-OH is 1. The molecule has 0 heterocycles. The van der Waals surface area contributed by atoms with Gasteiger partial charge in [0.2, 0.25) is 0 Å². The molecular weight excluding hydrogens is 528 g/mol.